The van der Waals surface area contributed by atoms with Gasteiger partial charge in [-0.1, -0.05) is 30.3 Å². The molecular formula is C28H21NO6. The van der Waals surface area contributed by atoms with Gasteiger partial charge >= 0.3 is 5.63 Å². The molecule has 0 aliphatic rings. The summed E-state index contributed by atoms with van der Waals surface area (Å²) < 4.78 is 16.4. The Balaban J connectivity index is 1.38. The highest BCUT2D eigenvalue weighted by molar-refractivity contribution is 6.05. The van der Waals surface area contributed by atoms with Crippen molar-refractivity contribution in [3.8, 4) is 28.2 Å². The quantitative estimate of drug-likeness (QED) is 0.321. The molecule has 7 heteroatoms. The first-order valence-electron chi connectivity index (χ1n) is 10.9. The second kappa shape index (κ2) is 9.32. The highest BCUT2D eigenvalue weighted by atomic mass is 16.5. The number of nitrogens with one attached hydrogen (secondary N) is 1. The van der Waals surface area contributed by atoms with E-state index in [1.54, 1.807) is 73.8 Å². The Kier molecular flexibility index (Phi) is 5.91. The molecule has 174 valence electrons. The average molecular weight is 467 g/mol. The Hall–Kier alpha value is -4.62. The molecule has 2 aromatic heterocycles. The van der Waals surface area contributed by atoms with E-state index in [9.17, 15) is 14.7 Å². The lowest BCUT2D eigenvalue weighted by atomic mass is 10.0. The Labute approximate surface area is 200 Å². The number of rotatable bonds is 6. The smallest absolute Gasteiger partial charge is 0.344 e. The fourth-order valence-corrected chi connectivity index (χ4v) is 3.85. The zero-order valence-electron chi connectivity index (χ0n) is 18.8. The summed E-state index contributed by atoms with van der Waals surface area (Å²) >= 11 is 0. The molecule has 0 aliphatic carbocycles. The molecule has 0 fully saturated rings. The number of carbonyl (C=O) groups is 1. The Morgan fingerprint density at radius 3 is 2.46 bits per heavy atom. The van der Waals surface area contributed by atoms with E-state index in [-0.39, 0.29) is 12.5 Å². The van der Waals surface area contributed by atoms with Gasteiger partial charge in [0.25, 0.3) is 5.91 Å². The molecule has 0 saturated heterocycles. The number of benzene rings is 3. The second-order valence-corrected chi connectivity index (χ2v) is 7.86. The lowest BCUT2D eigenvalue weighted by molar-refractivity contribution is 0.102. The van der Waals surface area contributed by atoms with Crippen LogP contribution in [0.5, 0.6) is 5.75 Å². The van der Waals surface area contributed by atoms with E-state index in [0.29, 0.717) is 50.8 Å². The van der Waals surface area contributed by atoms with Crippen molar-refractivity contribution in [1.29, 1.82) is 0 Å². The van der Waals surface area contributed by atoms with Crippen LogP contribution >= 0.6 is 0 Å². The van der Waals surface area contributed by atoms with Crippen LogP contribution in [0, 0.1) is 0 Å². The molecule has 0 saturated carbocycles. The van der Waals surface area contributed by atoms with Crippen LogP contribution in [-0.4, -0.2) is 18.1 Å². The zero-order chi connectivity index (χ0) is 24.4. The molecule has 0 atom stereocenters. The van der Waals surface area contributed by atoms with E-state index in [4.69, 9.17) is 13.6 Å². The molecule has 35 heavy (non-hydrogen) atoms. The topological polar surface area (TPSA) is 102 Å². The third-order valence-corrected chi connectivity index (χ3v) is 5.64. The van der Waals surface area contributed by atoms with Gasteiger partial charge in [-0.05, 0) is 60.2 Å². The van der Waals surface area contributed by atoms with Gasteiger partial charge in [-0.3, -0.25) is 4.79 Å². The Morgan fingerprint density at radius 1 is 0.914 bits per heavy atom. The fourth-order valence-electron chi connectivity index (χ4n) is 3.85. The summed E-state index contributed by atoms with van der Waals surface area (Å²) in [6, 6.07) is 24.4. The second-order valence-electron chi connectivity index (χ2n) is 7.86. The largest absolute Gasteiger partial charge is 0.496 e. The first kappa shape index (κ1) is 22.2. The molecule has 0 bridgehead atoms. The number of ether oxygens (including phenoxy) is 1. The molecular weight excluding hydrogens is 446 g/mol. The maximum atomic E-state index is 12.9. The highest BCUT2D eigenvalue weighted by Crippen LogP contribution is 2.34. The van der Waals surface area contributed by atoms with Gasteiger partial charge in [0.05, 0.1) is 18.2 Å². The normalized spacial score (nSPS) is 10.9. The number of fused-ring (bicyclic) bond motifs is 1. The molecule has 0 spiro atoms. The van der Waals surface area contributed by atoms with Crippen molar-refractivity contribution in [2.45, 2.75) is 6.61 Å². The Morgan fingerprint density at radius 2 is 1.71 bits per heavy atom. The SMILES string of the molecule is COc1ccc(NC(=O)c2ccc(-c3cc4ccccc4oc3=O)cc2)cc1-c1ccc(CO)o1. The molecule has 0 radical (unpaired) electrons. The van der Waals surface area contributed by atoms with Crippen molar-refractivity contribution in [1.82, 2.24) is 0 Å². The van der Waals surface area contributed by atoms with E-state index >= 15 is 0 Å². The van der Waals surface area contributed by atoms with Gasteiger partial charge in [-0.15, -0.1) is 0 Å². The van der Waals surface area contributed by atoms with Gasteiger partial charge in [-0.2, -0.15) is 0 Å². The van der Waals surface area contributed by atoms with E-state index in [0.717, 1.165) is 5.39 Å². The molecule has 2 heterocycles. The van der Waals surface area contributed by atoms with Gasteiger partial charge in [-0.25, -0.2) is 4.79 Å². The van der Waals surface area contributed by atoms with Crippen LogP contribution < -0.4 is 15.7 Å². The van der Waals surface area contributed by atoms with Crippen LogP contribution in [-0.2, 0) is 6.61 Å². The van der Waals surface area contributed by atoms with Crippen LogP contribution in [0.3, 0.4) is 0 Å². The maximum Gasteiger partial charge on any atom is 0.344 e. The first-order chi connectivity index (χ1) is 17.1. The number of hydrogen-bond acceptors (Lipinski definition) is 6. The predicted octanol–water partition coefficient (Wildman–Crippen LogP) is 5.47. The number of methoxy groups -OCH3 is 1. The summed E-state index contributed by atoms with van der Waals surface area (Å²) in [6.07, 6.45) is 0. The third-order valence-electron chi connectivity index (χ3n) is 5.64. The summed E-state index contributed by atoms with van der Waals surface area (Å²) in [7, 11) is 1.55. The molecule has 5 rings (SSSR count). The minimum atomic E-state index is -0.436. The number of amides is 1. The lowest BCUT2D eigenvalue weighted by Crippen LogP contribution is -2.12. The number of aliphatic hydroxyl groups is 1. The van der Waals surface area contributed by atoms with E-state index in [1.807, 2.05) is 18.2 Å². The molecule has 0 aliphatic heterocycles. The van der Waals surface area contributed by atoms with Gasteiger partial charge in [0.15, 0.2) is 0 Å². The van der Waals surface area contributed by atoms with Crippen molar-refractivity contribution >= 4 is 22.6 Å². The van der Waals surface area contributed by atoms with E-state index in [2.05, 4.69) is 5.32 Å². The summed E-state index contributed by atoms with van der Waals surface area (Å²) in [5.74, 6) is 1.20. The minimum absolute atomic E-state index is 0.212. The number of hydrogen-bond donors (Lipinski definition) is 2. The van der Waals surface area contributed by atoms with Gasteiger partial charge in [0.1, 0.15) is 29.5 Å². The van der Waals surface area contributed by atoms with Crippen LogP contribution in [0.4, 0.5) is 5.69 Å². The first-order valence-corrected chi connectivity index (χ1v) is 10.9. The van der Waals surface area contributed by atoms with Gasteiger partial charge in [0.2, 0.25) is 0 Å². The summed E-state index contributed by atoms with van der Waals surface area (Å²) in [5, 5.41) is 13.0. The van der Waals surface area contributed by atoms with Crippen LogP contribution in [0.15, 0.2) is 98.6 Å². The van der Waals surface area contributed by atoms with Crippen LogP contribution in [0.1, 0.15) is 16.1 Å². The van der Waals surface area contributed by atoms with Crippen LogP contribution in [0.25, 0.3) is 33.4 Å². The summed E-state index contributed by atoms with van der Waals surface area (Å²) in [5.41, 5.74) is 2.79. The number of anilines is 1. The van der Waals surface area contributed by atoms with Crippen molar-refractivity contribution < 1.29 is 23.5 Å². The third kappa shape index (κ3) is 4.45. The van der Waals surface area contributed by atoms with Crippen LogP contribution in [0.2, 0.25) is 0 Å². The number of furan rings is 1. The Bertz CT molecular complexity index is 1580. The molecule has 0 unspecified atom stereocenters. The summed E-state index contributed by atoms with van der Waals surface area (Å²) in [6.45, 7) is -0.212. The number of carbonyl (C=O) groups excluding carboxylic acids is 1. The van der Waals surface area contributed by atoms with E-state index < -0.39 is 5.63 Å². The number of para-hydroxylation sites is 1. The lowest BCUT2D eigenvalue weighted by Gasteiger charge is -2.11. The average Bonchev–Trinajstić information content (AvgIpc) is 3.38. The fraction of sp³-hybridized carbons (Fsp3) is 0.0714. The highest BCUT2D eigenvalue weighted by Gasteiger charge is 2.14. The van der Waals surface area contributed by atoms with Crippen molar-refractivity contribution in [3.05, 3.63) is 107 Å². The maximum absolute atomic E-state index is 12.9. The van der Waals surface area contributed by atoms with Gasteiger partial charge in [0, 0.05) is 16.6 Å². The summed E-state index contributed by atoms with van der Waals surface area (Å²) in [4.78, 5) is 25.3. The minimum Gasteiger partial charge on any atom is -0.496 e. The standard InChI is InChI=1S/C28H21NO6/c1-33-25-12-10-20(15-23(25)26-13-11-21(16-30)34-26)29-27(31)18-8-6-17(7-9-18)22-14-19-4-2-3-5-24(19)35-28(22)32/h2-15,30H,16H2,1H3,(H,29,31). The number of aliphatic hydroxyl groups excluding tert-OH is 1. The van der Waals surface area contributed by atoms with Crippen molar-refractivity contribution in [3.63, 3.8) is 0 Å². The van der Waals surface area contributed by atoms with Crippen molar-refractivity contribution in [2.24, 2.45) is 0 Å². The molecule has 5 aromatic rings. The zero-order valence-corrected chi connectivity index (χ0v) is 18.8. The van der Waals surface area contributed by atoms with Crippen molar-refractivity contribution in [2.75, 3.05) is 12.4 Å². The van der Waals surface area contributed by atoms with E-state index in [1.165, 1.54) is 0 Å². The van der Waals surface area contributed by atoms with Gasteiger partial charge < -0.3 is 24.0 Å². The molecule has 1 amide bonds. The molecule has 7 nitrogen and oxygen atoms in total. The predicted molar refractivity (Wildman–Crippen MR) is 132 cm³/mol. The monoisotopic (exact) mass is 467 g/mol. The molecule has 2 N–H and O–H groups in total. The molecule has 3 aromatic carbocycles.